The van der Waals surface area contributed by atoms with Crippen molar-refractivity contribution >= 4 is 12.0 Å². The minimum Gasteiger partial charge on any atom is -0.463 e. The number of carbonyl (C=O) groups excluding carboxylic acids is 2. The average molecular weight is 401 g/mol. The molecule has 2 N–H and O–H groups in total. The Morgan fingerprint density at radius 3 is 2.48 bits per heavy atom. The van der Waals surface area contributed by atoms with E-state index in [0.29, 0.717) is 30.5 Å². The molecule has 3 rings (SSSR count). The van der Waals surface area contributed by atoms with Crippen LogP contribution >= 0.6 is 0 Å². The maximum atomic E-state index is 12.8. The SMILES string of the molecule is CCOC(=O)C1=C(CN2CCN(C(C)CC)CC2)NC(=O)NC1c1ccccc1. The zero-order valence-electron chi connectivity index (χ0n) is 17.6. The second kappa shape index (κ2) is 9.89. The molecule has 2 aliphatic heterocycles. The van der Waals surface area contributed by atoms with Crippen LogP contribution in [0.4, 0.5) is 4.79 Å². The molecule has 0 saturated carbocycles. The van der Waals surface area contributed by atoms with Gasteiger partial charge in [-0.1, -0.05) is 37.3 Å². The van der Waals surface area contributed by atoms with E-state index >= 15 is 0 Å². The molecule has 2 amide bonds. The Hall–Kier alpha value is -2.38. The number of urea groups is 1. The van der Waals surface area contributed by atoms with Gasteiger partial charge in [-0.25, -0.2) is 9.59 Å². The van der Waals surface area contributed by atoms with Gasteiger partial charge in [-0.3, -0.25) is 9.80 Å². The average Bonchev–Trinajstić information content (AvgIpc) is 2.74. The summed E-state index contributed by atoms with van der Waals surface area (Å²) in [6, 6.07) is 9.32. The Labute approximate surface area is 173 Å². The van der Waals surface area contributed by atoms with Gasteiger partial charge in [-0.05, 0) is 25.8 Å². The lowest BCUT2D eigenvalue weighted by Gasteiger charge is -2.39. The fourth-order valence-corrected chi connectivity index (χ4v) is 3.93. The van der Waals surface area contributed by atoms with Crippen LogP contribution in [0, 0.1) is 0 Å². The maximum absolute atomic E-state index is 12.8. The number of hydrogen-bond donors (Lipinski definition) is 2. The first-order chi connectivity index (χ1) is 14.0. The first kappa shape index (κ1) is 21.3. The molecule has 7 heteroatoms. The Bertz CT molecular complexity index is 742. The van der Waals surface area contributed by atoms with Crippen LogP contribution in [-0.2, 0) is 9.53 Å². The summed E-state index contributed by atoms with van der Waals surface area (Å²) in [6.07, 6.45) is 1.14. The van der Waals surface area contributed by atoms with Crippen molar-refractivity contribution in [1.82, 2.24) is 20.4 Å². The van der Waals surface area contributed by atoms with E-state index in [4.69, 9.17) is 4.74 Å². The molecule has 0 bridgehead atoms. The minimum atomic E-state index is -0.514. The number of rotatable bonds is 7. The van der Waals surface area contributed by atoms with E-state index in [1.54, 1.807) is 6.92 Å². The fourth-order valence-electron chi connectivity index (χ4n) is 3.93. The summed E-state index contributed by atoms with van der Waals surface area (Å²) in [4.78, 5) is 30.0. The van der Waals surface area contributed by atoms with Crippen molar-refractivity contribution in [3.63, 3.8) is 0 Å². The van der Waals surface area contributed by atoms with Crippen molar-refractivity contribution in [3.05, 3.63) is 47.2 Å². The van der Waals surface area contributed by atoms with E-state index < -0.39 is 6.04 Å². The molecule has 2 unspecified atom stereocenters. The van der Waals surface area contributed by atoms with E-state index in [1.807, 2.05) is 30.3 Å². The van der Waals surface area contributed by atoms with Gasteiger partial charge in [0.15, 0.2) is 0 Å². The predicted octanol–water partition coefficient (Wildman–Crippen LogP) is 2.27. The number of esters is 1. The lowest BCUT2D eigenvalue weighted by atomic mass is 9.95. The molecule has 1 aromatic rings. The Kier molecular flexibility index (Phi) is 7.28. The van der Waals surface area contributed by atoms with Crippen molar-refractivity contribution in [2.24, 2.45) is 0 Å². The molecule has 29 heavy (non-hydrogen) atoms. The molecule has 0 spiro atoms. The van der Waals surface area contributed by atoms with Crippen LogP contribution in [0.25, 0.3) is 0 Å². The predicted molar refractivity (Wildman–Crippen MR) is 112 cm³/mol. The maximum Gasteiger partial charge on any atom is 0.338 e. The van der Waals surface area contributed by atoms with Gasteiger partial charge in [0.05, 0.1) is 18.2 Å². The van der Waals surface area contributed by atoms with Gasteiger partial charge in [-0.15, -0.1) is 0 Å². The van der Waals surface area contributed by atoms with Gasteiger partial charge in [-0.2, -0.15) is 0 Å². The molecule has 2 atom stereocenters. The van der Waals surface area contributed by atoms with Crippen molar-refractivity contribution in [2.75, 3.05) is 39.3 Å². The van der Waals surface area contributed by atoms with Crippen molar-refractivity contribution in [1.29, 1.82) is 0 Å². The summed E-state index contributed by atoms with van der Waals surface area (Å²) < 4.78 is 5.34. The van der Waals surface area contributed by atoms with Gasteiger partial charge < -0.3 is 15.4 Å². The van der Waals surface area contributed by atoms with Crippen LogP contribution in [0.15, 0.2) is 41.6 Å². The van der Waals surface area contributed by atoms with Crippen molar-refractivity contribution in [3.8, 4) is 0 Å². The number of benzene rings is 1. The third-order valence-electron chi connectivity index (χ3n) is 5.78. The smallest absolute Gasteiger partial charge is 0.338 e. The van der Waals surface area contributed by atoms with Crippen LogP contribution in [0.3, 0.4) is 0 Å². The number of nitrogens with zero attached hydrogens (tertiary/aromatic N) is 2. The van der Waals surface area contributed by atoms with Crippen LogP contribution < -0.4 is 10.6 Å². The molecule has 1 saturated heterocycles. The van der Waals surface area contributed by atoms with Gasteiger partial charge in [0.2, 0.25) is 0 Å². The lowest BCUT2D eigenvalue weighted by molar-refractivity contribution is -0.139. The second-order valence-electron chi connectivity index (χ2n) is 7.62. The first-order valence-electron chi connectivity index (χ1n) is 10.5. The third-order valence-corrected chi connectivity index (χ3v) is 5.78. The normalized spacial score (nSPS) is 22.0. The lowest BCUT2D eigenvalue weighted by Crippen LogP contribution is -2.53. The van der Waals surface area contributed by atoms with E-state index in [0.717, 1.165) is 38.2 Å². The second-order valence-corrected chi connectivity index (χ2v) is 7.62. The van der Waals surface area contributed by atoms with Gasteiger partial charge in [0.25, 0.3) is 0 Å². The molecule has 2 aliphatic rings. The van der Waals surface area contributed by atoms with Gasteiger partial charge in [0.1, 0.15) is 0 Å². The van der Waals surface area contributed by atoms with Crippen LogP contribution in [-0.4, -0.2) is 67.2 Å². The molecule has 2 heterocycles. The molecule has 1 fully saturated rings. The van der Waals surface area contributed by atoms with E-state index in [-0.39, 0.29) is 12.0 Å². The standard InChI is InChI=1S/C22H32N4O3/c1-4-16(3)26-13-11-25(12-14-26)15-18-19(21(27)29-5-2)20(24-22(28)23-18)17-9-7-6-8-10-17/h6-10,16,20H,4-5,11-15H2,1-3H3,(H2,23,24,28). The summed E-state index contributed by atoms with van der Waals surface area (Å²) in [5.41, 5.74) is 1.99. The van der Waals surface area contributed by atoms with E-state index in [2.05, 4.69) is 34.3 Å². The Morgan fingerprint density at radius 2 is 1.86 bits per heavy atom. The fraction of sp³-hybridized carbons (Fsp3) is 0.545. The van der Waals surface area contributed by atoms with E-state index in [1.165, 1.54) is 0 Å². The summed E-state index contributed by atoms with van der Waals surface area (Å²) in [6.45, 7) is 10.9. The van der Waals surface area contributed by atoms with Crippen molar-refractivity contribution in [2.45, 2.75) is 39.3 Å². The third kappa shape index (κ3) is 5.16. The highest BCUT2D eigenvalue weighted by Gasteiger charge is 2.34. The molecular formula is C22H32N4O3. The zero-order valence-corrected chi connectivity index (χ0v) is 17.6. The van der Waals surface area contributed by atoms with E-state index in [9.17, 15) is 9.59 Å². The van der Waals surface area contributed by atoms with Crippen LogP contribution in [0.2, 0.25) is 0 Å². The largest absolute Gasteiger partial charge is 0.463 e. The highest BCUT2D eigenvalue weighted by Crippen LogP contribution is 2.28. The number of carbonyl (C=O) groups is 2. The Morgan fingerprint density at radius 1 is 1.17 bits per heavy atom. The number of hydrogen-bond acceptors (Lipinski definition) is 5. The number of nitrogens with one attached hydrogen (secondary N) is 2. The van der Waals surface area contributed by atoms with Crippen LogP contribution in [0.5, 0.6) is 0 Å². The van der Waals surface area contributed by atoms with Crippen LogP contribution in [0.1, 0.15) is 38.8 Å². The first-order valence-corrected chi connectivity index (χ1v) is 10.5. The molecule has 7 nitrogen and oxygen atoms in total. The number of amides is 2. The highest BCUT2D eigenvalue weighted by atomic mass is 16.5. The van der Waals surface area contributed by atoms with Gasteiger partial charge >= 0.3 is 12.0 Å². The van der Waals surface area contributed by atoms with Crippen molar-refractivity contribution < 1.29 is 14.3 Å². The molecule has 1 aromatic carbocycles. The highest BCUT2D eigenvalue weighted by molar-refractivity contribution is 5.95. The zero-order chi connectivity index (χ0) is 20.8. The minimum absolute atomic E-state index is 0.290. The monoisotopic (exact) mass is 400 g/mol. The number of piperazine rings is 1. The van der Waals surface area contributed by atoms with Gasteiger partial charge in [0, 0.05) is 44.5 Å². The summed E-state index contributed by atoms with van der Waals surface area (Å²) >= 11 is 0. The molecule has 0 aromatic heterocycles. The number of ether oxygens (including phenoxy) is 1. The topological polar surface area (TPSA) is 73.9 Å². The molecule has 0 radical (unpaired) electrons. The quantitative estimate of drug-likeness (QED) is 0.687. The molecular weight excluding hydrogens is 368 g/mol. The molecule has 0 aliphatic carbocycles. The summed E-state index contributed by atoms with van der Waals surface area (Å²) in [5, 5.41) is 5.75. The molecule has 158 valence electrons. The summed E-state index contributed by atoms with van der Waals surface area (Å²) in [5.74, 6) is -0.387. The Balaban J connectivity index is 1.83. The summed E-state index contributed by atoms with van der Waals surface area (Å²) in [7, 11) is 0.